The molecule has 2 nitrogen and oxygen atoms in total. The minimum Gasteiger partial charge on any atom is -0.268 e. The summed E-state index contributed by atoms with van der Waals surface area (Å²) in [5.41, 5.74) is 1.25. The fourth-order valence-corrected chi connectivity index (χ4v) is 1.18. The molecule has 0 bridgehead atoms. The Labute approximate surface area is 88.2 Å². The average Bonchev–Trinajstić information content (AvgIpc) is 2.12. The summed E-state index contributed by atoms with van der Waals surface area (Å²) in [5.74, 6) is -1.11. The SMILES string of the molecule is CC(C)=NN(C)c1cc(F)c(C)c(F)c1. The molecule has 0 radical (unpaired) electrons. The van der Waals surface area contributed by atoms with Crippen LogP contribution in [-0.4, -0.2) is 12.8 Å². The van der Waals surface area contributed by atoms with Crippen LogP contribution in [0.2, 0.25) is 0 Å². The molecule has 0 saturated heterocycles. The van der Waals surface area contributed by atoms with Gasteiger partial charge in [-0.05, 0) is 32.9 Å². The lowest BCUT2D eigenvalue weighted by Crippen LogP contribution is -2.11. The van der Waals surface area contributed by atoms with Gasteiger partial charge in [-0.3, -0.25) is 5.01 Å². The molecular formula is C11H14F2N2. The van der Waals surface area contributed by atoms with Gasteiger partial charge in [-0.15, -0.1) is 0 Å². The first-order valence-electron chi connectivity index (χ1n) is 4.63. The standard InChI is InChI=1S/C11H14F2N2/c1-7(2)14-15(4)9-5-10(12)8(3)11(13)6-9/h5-6H,1-4H3. The summed E-state index contributed by atoms with van der Waals surface area (Å²) in [6.45, 7) is 5.04. The zero-order valence-corrected chi connectivity index (χ0v) is 9.31. The van der Waals surface area contributed by atoms with Gasteiger partial charge >= 0.3 is 0 Å². The summed E-state index contributed by atoms with van der Waals surface area (Å²) in [4.78, 5) is 0. The minimum absolute atomic E-state index is 0.0318. The van der Waals surface area contributed by atoms with Crippen molar-refractivity contribution in [1.29, 1.82) is 0 Å². The highest BCUT2D eigenvalue weighted by Crippen LogP contribution is 2.20. The van der Waals surface area contributed by atoms with Gasteiger partial charge in [0, 0.05) is 18.3 Å². The summed E-state index contributed by atoms with van der Waals surface area (Å²) >= 11 is 0. The molecule has 0 N–H and O–H groups in total. The first-order chi connectivity index (χ1) is 6.91. The van der Waals surface area contributed by atoms with Crippen molar-refractivity contribution >= 4 is 11.4 Å². The van der Waals surface area contributed by atoms with Crippen LogP contribution in [0.1, 0.15) is 19.4 Å². The monoisotopic (exact) mass is 212 g/mol. The predicted octanol–water partition coefficient (Wildman–Crippen LogP) is 3.11. The molecule has 1 aromatic rings. The molecule has 82 valence electrons. The van der Waals surface area contributed by atoms with Crippen LogP contribution in [0.25, 0.3) is 0 Å². The lowest BCUT2D eigenvalue weighted by molar-refractivity contribution is 0.567. The minimum atomic E-state index is -0.555. The third-order valence-electron chi connectivity index (χ3n) is 1.99. The molecule has 0 fully saturated rings. The second-order valence-electron chi connectivity index (χ2n) is 3.61. The molecule has 0 aliphatic heterocycles. The average molecular weight is 212 g/mol. The number of anilines is 1. The summed E-state index contributed by atoms with van der Waals surface area (Å²) < 4.78 is 26.4. The van der Waals surface area contributed by atoms with E-state index >= 15 is 0 Å². The Bertz CT molecular complexity index is 373. The van der Waals surface area contributed by atoms with Crippen LogP contribution in [-0.2, 0) is 0 Å². The summed E-state index contributed by atoms with van der Waals surface area (Å²) in [6, 6.07) is 2.54. The summed E-state index contributed by atoms with van der Waals surface area (Å²) in [6.07, 6.45) is 0. The Balaban J connectivity index is 3.11. The van der Waals surface area contributed by atoms with Crippen LogP contribution in [0.5, 0.6) is 0 Å². The van der Waals surface area contributed by atoms with Gasteiger partial charge in [0.25, 0.3) is 0 Å². The van der Waals surface area contributed by atoms with E-state index in [1.165, 1.54) is 24.1 Å². The van der Waals surface area contributed by atoms with Gasteiger partial charge in [0.05, 0.1) is 5.69 Å². The number of rotatable bonds is 2. The highest BCUT2D eigenvalue weighted by Gasteiger charge is 2.08. The van der Waals surface area contributed by atoms with Crippen molar-refractivity contribution in [2.24, 2.45) is 5.10 Å². The van der Waals surface area contributed by atoms with Crippen molar-refractivity contribution in [3.63, 3.8) is 0 Å². The van der Waals surface area contributed by atoms with E-state index in [0.29, 0.717) is 5.69 Å². The highest BCUT2D eigenvalue weighted by atomic mass is 19.1. The molecule has 0 saturated carbocycles. The van der Waals surface area contributed by atoms with E-state index in [1.807, 2.05) is 13.8 Å². The van der Waals surface area contributed by atoms with E-state index in [9.17, 15) is 8.78 Å². The maximum Gasteiger partial charge on any atom is 0.131 e. The number of hydrogen-bond donors (Lipinski definition) is 0. The lowest BCUT2D eigenvalue weighted by Gasteiger charge is -2.14. The first kappa shape index (κ1) is 11.6. The van der Waals surface area contributed by atoms with E-state index < -0.39 is 11.6 Å². The zero-order valence-electron chi connectivity index (χ0n) is 9.31. The van der Waals surface area contributed by atoms with E-state index in [1.54, 1.807) is 7.05 Å². The largest absolute Gasteiger partial charge is 0.268 e. The van der Waals surface area contributed by atoms with E-state index in [2.05, 4.69) is 5.10 Å². The fraction of sp³-hybridized carbons (Fsp3) is 0.364. The summed E-state index contributed by atoms with van der Waals surface area (Å²) in [7, 11) is 1.65. The van der Waals surface area contributed by atoms with Gasteiger partial charge in [-0.25, -0.2) is 8.78 Å². The molecule has 0 unspecified atom stereocenters. The molecule has 15 heavy (non-hydrogen) atoms. The topological polar surface area (TPSA) is 15.6 Å². The van der Waals surface area contributed by atoms with Crippen molar-refractivity contribution in [1.82, 2.24) is 0 Å². The normalized spacial score (nSPS) is 10.0. The Morgan fingerprint density at radius 3 is 2.07 bits per heavy atom. The predicted molar refractivity (Wildman–Crippen MR) is 58.3 cm³/mol. The number of hydrazone groups is 1. The van der Waals surface area contributed by atoms with Gasteiger partial charge in [-0.1, -0.05) is 0 Å². The van der Waals surface area contributed by atoms with Crippen LogP contribution in [0.4, 0.5) is 14.5 Å². The molecule has 0 heterocycles. The van der Waals surface area contributed by atoms with Crippen LogP contribution >= 0.6 is 0 Å². The molecular weight excluding hydrogens is 198 g/mol. The number of halogens is 2. The highest BCUT2D eigenvalue weighted by molar-refractivity contribution is 5.80. The maximum atomic E-state index is 13.2. The molecule has 0 aromatic heterocycles. The molecule has 0 spiro atoms. The van der Waals surface area contributed by atoms with Crippen LogP contribution in [0.3, 0.4) is 0 Å². The Morgan fingerprint density at radius 2 is 1.67 bits per heavy atom. The second kappa shape index (κ2) is 4.38. The van der Waals surface area contributed by atoms with E-state index in [-0.39, 0.29) is 5.56 Å². The number of nitrogens with zero attached hydrogens (tertiary/aromatic N) is 2. The first-order valence-corrected chi connectivity index (χ1v) is 4.63. The second-order valence-corrected chi connectivity index (χ2v) is 3.61. The molecule has 0 atom stereocenters. The van der Waals surface area contributed by atoms with Gasteiger partial charge in [-0.2, -0.15) is 5.10 Å². The molecule has 0 aliphatic rings. The molecule has 0 aliphatic carbocycles. The number of hydrogen-bond acceptors (Lipinski definition) is 2. The molecule has 4 heteroatoms. The molecule has 1 rings (SSSR count). The molecule has 0 amide bonds. The maximum absolute atomic E-state index is 13.2. The zero-order chi connectivity index (χ0) is 11.6. The molecule has 1 aromatic carbocycles. The van der Waals surface area contributed by atoms with Gasteiger partial charge in [0.15, 0.2) is 0 Å². The van der Waals surface area contributed by atoms with Crippen molar-refractivity contribution in [2.45, 2.75) is 20.8 Å². The van der Waals surface area contributed by atoms with Crippen LogP contribution in [0.15, 0.2) is 17.2 Å². The Kier molecular flexibility index (Phi) is 3.39. The van der Waals surface area contributed by atoms with Crippen molar-refractivity contribution < 1.29 is 8.78 Å². The van der Waals surface area contributed by atoms with E-state index in [4.69, 9.17) is 0 Å². The lowest BCUT2D eigenvalue weighted by atomic mass is 10.2. The van der Waals surface area contributed by atoms with Crippen molar-refractivity contribution in [3.05, 3.63) is 29.3 Å². The number of benzene rings is 1. The fourth-order valence-electron chi connectivity index (χ4n) is 1.18. The third-order valence-corrected chi connectivity index (χ3v) is 1.99. The smallest absolute Gasteiger partial charge is 0.131 e. The Hall–Kier alpha value is -1.45. The quantitative estimate of drug-likeness (QED) is 0.543. The third kappa shape index (κ3) is 2.75. The van der Waals surface area contributed by atoms with Crippen LogP contribution < -0.4 is 5.01 Å². The van der Waals surface area contributed by atoms with Crippen LogP contribution in [0, 0.1) is 18.6 Å². The van der Waals surface area contributed by atoms with Crippen molar-refractivity contribution in [3.8, 4) is 0 Å². The van der Waals surface area contributed by atoms with Crippen molar-refractivity contribution in [2.75, 3.05) is 12.1 Å². The van der Waals surface area contributed by atoms with Gasteiger partial charge < -0.3 is 0 Å². The Morgan fingerprint density at radius 1 is 1.20 bits per heavy atom. The van der Waals surface area contributed by atoms with E-state index in [0.717, 1.165) is 5.71 Å². The van der Waals surface area contributed by atoms with Gasteiger partial charge in [0.1, 0.15) is 11.6 Å². The summed E-state index contributed by atoms with van der Waals surface area (Å²) in [5, 5.41) is 5.52. The van der Waals surface area contributed by atoms with Gasteiger partial charge in [0.2, 0.25) is 0 Å².